The number of hydrogen-bond acceptors (Lipinski definition) is 0. The minimum Gasteiger partial charge on any atom is -0.103 e. The Morgan fingerprint density at radius 2 is 0.933 bits per heavy atom. The number of hydrogen-bond donors (Lipinski definition) is 0. The Balaban J connectivity index is 3.51. The van der Waals surface area contributed by atoms with E-state index in [1.54, 1.807) is 0 Å². The van der Waals surface area contributed by atoms with E-state index in [4.69, 9.17) is 0 Å². The summed E-state index contributed by atoms with van der Waals surface area (Å²) in [5.74, 6) is 8.74. The molecule has 0 amide bonds. The second-order valence-electron chi connectivity index (χ2n) is 9.98. The highest BCUT2D eigenvalue weighted by Gasteiger charge is 2.05. The monoisotopic (exact) mass is 418 g/mol. The van der Waals surface area contributed by atoms with E-state index in [0.29, 0.717) is 0 Å². The average molecular weight is 419 g/mol. The van der Waals surface area contributed by atoms with Gasteiger partial charge >= 0.3 is 0 Å². The maximum absolute atomic E-state index is 3.47. The van der Waals surface area contributed by atoms with Crippen molar-refractivity contribution >= 4 is 0 Å². The van der Waals surface area contributed by atoms with Crippen LogP contribution in [0.4, 0.5) is 0 Å². The smallest absolute Gasteiger partial charge is 0.00913 e. The fraction of sp³-hybridized carbons (Fsp3) is 0.933. The average Bonchev–Trinajstić information content (AvgIpc) is 2.75. The molecule has 0 spiro atoms. The molecule has 0 aliphatic rings. The van der Waals surface area contributed by atoms with Crippen molar-refractivity contribution in [1.82, 2.24) is 0 Å². The zero-order chi connectivity index (χ0) is 22.1. The van der Waals surface area contributed by atoms with Crippen LogP contribution in [0.1, 0.15) is 169 Å². The van der Waals surface area contributed by atoms with E-state index in [9.17, 15) is 0 Å². The van der Waals surface area contributed by atoms with Gasteiger partial charge < -0.3 is 0 Å². The topological polar surface area (TPSA) is 0 Å². The second-order valence-corrected chi connectivity index (χ2v) is 9.98. The summed E-state index contributed by atoms with van der Waals surface area (Å²) in [5.41, 5.74) is 0. The molecule has 0 aliphatic carbocycles. The largest absolute Gasteiger partial charge is 0.103 e. The summed E-state index contributed by atoms with van der Waals surface area (Å²) < 4.78 is 0. The van der Waals surface area contributed by atoms with Gasteiger partial charge in [-0.25, -0.2) is 0 Å². The molecule has 2 unspecified atom stereocenters. The lowest BCUT2D eigenvalue weighted by atomic mass is 9.93. The van der Waals surface area contributed by atoms with Gasteiger partial charge in [-0.1, -0.05) is 137 Å². The van der Waals surface area contributed by atoms with Crippen molar-refractivity contribution in [2.24, 2.45) is 11.8 Å². The van der Waals surface area contributed by atoms with Crippen molar-refractivity contribution in [3.8, 4) is 11.8 Å². The van der Waals surface area contributed by atoms with Crippen LogP contribution >= 0.6 is 0 Å². The predicted molar refractivity (Wildman–Crippen MR) is 139 cm³/mol. The molecule has 0 fully saturated rings. The van der Waals surface area contributed by atoms with Gasteiger partial charge in [0, 0.05) is 12.8 Å². The fourth-order valence-corrected chi connectivity index (χ4v) is 4.53. The zero-order valence-electron chi connectivity index (χ0n) is 21.7. The lowest BCUT2D eigenvalue weighted by molar-refractivity contribution is 0.416. The Kier molecular flexibility index (Phi) is 24.5. The molecule has 0 radical (unpaired) electrons. The third-order valence-electron chi connectivity index (χ3n) is 6.90. The van der Waals surface area contributed by atoms with Crippen LogP contribution in [-0.4, -0.2) is 0 Å². The SMILES string of the molecule is CCCCCCCCCCCCC(CC)CCC#CCCCC(C)CCCCCC. The van der Waals surface area contributed by atoms with Gasteiger partial charge in [-0.2, -0.15) is 0 Å². The van der Waals surface area contributed by atoms with E-state index < -0.39 is 0 Å². The maximum Gasteiger partial charge on any atom is 0.00913 e. The Bertz CT molecular complexity index is 371. The molecule has 0 heterocycles. The van der Waals surface area contributed by atoms with Gasteiger partial charge in [0.25, 0.3) is 0 Å². The Labute approximate surface area is 192 Å². The summed E-state index contributed by atoms with van der Waals surface area (Å²) in [4.78, 5) is 0. The minimum atomic E-state index is 0.897. The third-order valence-corrected chi connectivity index (χ3v) is 6.90. The summed E-state index contributed by atoms with van der Waals surface area (Å²) in [6.07, 6.45) is 30.5. The molecule has 0 saturated carbocycles. The summed E-state index contributed by atoms with van der Waals surface area (Å²) in [6, 6.07) is 0. The molecular formula is C30H58. The number of unbranched alkanes of at least 4 members (excludes halogenated alkanes) is 13. The van der Waals surface area contributed by atoms with Gasteiger partial charge in [0.15, 0.2) is 0 Å². The molecule has 0 heteroatoms. The van der Waals surface area contributed by atoms with Crippen molar-refractivity contribution in [3.05, 3.63) is 0 Å². The van der Waals surface area contributed by atoms with Gasteiger partial charge in [-0.15, -0.1) is 11.8 Å². The standard InChI is InChI=1S/C30H58/c1-5-8-10-12-13-14-15-16-19-23-27-30(7-3)28-24-20-17-18-22-26-29(4)25-21-11-9-6-2/h29-30H,5-16,18-19,21-28H2,1-4H3. The molecule has 0 aliphatic heterocycles. The highest BCUT2D eigenvalue weighted by Crippen LogP contribution is 2.20. The van der Waals surface area contributed by atoms with Crippen molar-refractivity contribution in [1.29, 1.82) is 0 Å². The van der Waals surface area contributed by atoms with Crippen molar-refractivity contribution < 1.29 is 0 Å². The van der Waals surface area contributed by atoms with E-state index in [1.165, 1.54) is 128 Å². The maximum atomic E-state index is 3.47. The quantitative estimate of drug-likeness (QED) is 0.121. The highest BCUT2D eigenvalue weighted by molar-refractivity contribution is 4.98. The summed E-state index contributed by atoms with van der Waals surface area (Å²) in [6.45, 7) is 9.40. The lowest BCUT2D eigenvalue weighted by Crippen LogP contribution is -1.98. The van der Waals surface area contributed by atoms with Crippen molar-refractivity contribution in [2.75, 3.05) is 0 Å². The molecule has 0 aromatic heterocycles. The first kappa shape index (κ1) is 29.6. The van der Waals surface area contributed by atoms with Gasteiger partial charge in [0.2, 0.25) is 0 Å². The van der Waals surface area contributed by atoms with Crippen LogP contribution in [0.15, 0.2) is 0 Å². The van der Waals surface area contributed by atoms with Crippen LogP contribution in [0.2, 0.25) is 0 Å². The first-order chi connectivity index (χ1) is 14.7. The third kappa shape index (κ3) is 22.2. The lowest BCUT2D eigenvalue weighted by Gasteiger charge is -2.12. The van der Waals surface area contributed by atoms with Crippen LogP contribution in [0, 0.1) is 23.7 Å². The van der Waals surface area contributed by atoms with E-state index in [0.717, 1.165) is 24.7 Å². The summed E-state index contributed by atoms with van der Waals surface area (Å²) >= 11 is 0. The first-order valence-corrected chi connectivity index (χ1v) is 14.2. The molecule has 0 aromatic carbocycles. The summed E-state index contributed by atoms with van der Waals surface area (Å²) in [7, 11) is 0. The Morgan fingerprint density at radius 1 is 0.467 bits per heavy atom. The van der Waals surface area contributed by atoms with Crippen molar-refractivity contribution in [2.45, 2.75) is 169 Å². The van der Waals surface area contributed by atoms with Crippen LogP contribution < -0.4 is 0 Å². The van der Waals surface area contributed by atoms with Gasteiger partial charge in [-0.3, -0.25) is 0 Å². The van der Waals surface area contributed by atoms with E-state index >= 15 is 0 Å². The Morgan fingerprint density at radius 3 is 1.53 bits per heavy atom. The molecule has 30 heavy (non-hydrogen) atoms. The van der Waals surface area contributed by atoms with Gasteiger partial charge in [0.05, 0.1) is 0 Å². The van der Waals surface area contributed by atoms with E-state index in [2.05, 4.69) is 39.5 Å². The van der Waals surface area contributed by atoms with Crippen LogP contribution in [0.3, 0.4) is 0 Å². The van der Waals surface area contributed by atoms with E-state index in [1.807, 2.05) is 0 Å². The second kappa shape index (κ2) is 24.8. The number of rotatable bonds is 22. The minimum absolute atomic E-state index is 0.897. The van der Waals surface area contributed by atoms with Crippen molar-refractivity contribution in [3.63, 3.8) is 0 Å². The molecule has 178 valence electrons. The molecule has 0 rings (SSSR count). The van der Waals surface area contributed by atoms with Crippen LogP contribution in [0.5, 0.6) is 0 Å². The van der Waals surface area contributed by atoms with E-state index in [-0.39, 0.29) is 0 Å². The molecular weight excluding hydrogens is 360 g/mol. The van der Waals surface area contributed by atoms with Gasteiger partial charge in [-0.05, 0) is 31.1 Å². The molecule has 0 bridgehead atoms. The van der Waals surface area contributed by atoms with Gasteiger partial charge in [0.1, 0.15) is 0 Å². The molecule has 0 nitrogen and oxygen atoms in total. The highest BCUT2D eigenvalue weighted by atomic mass is 14.1. The molecule has 0 aromatic rings. The predicted octanol–water partition coefficient (Wildman–Crippen LogP) is 10.9. The zero-order valence-corrected chi connectivity index (χ0v) is 21.7. The summed E-state index contributed by atoms with van der Waals surface area (Å²) in [5, 5.41) is 0. The fourth-order valence-electron chi connectivity index (χ4n) is 4.53. The first-order valence-electron chi connectivity index (χ1n) is 14.2. The molecule has 2 atom stereocenters. The molecule has 0 saturated heterocycles. The molecule has 0 N–H and O–H groups in total. The normalized spacial score (nSPS) is 13.1. The Hall–Kier alpha value is -0.440. The van der Waals surface area contributed by atoms with Crippen LogP contribution in [0.25, 0.3) is 0 Å². The van der Waals surface area contributed by atoms with Crippen LogP contribution in [-0.2, 0) is 0 Å².